The van der Waals surface area contributed by atoms with E-state index < -0.39 is 5.97 Å². The van der Waals surface area contributed by atoms with Crippen LogP contribution in [0.1, 0.15) is 10.5 Å². The van der Waals surface area contributed by atoms with Gasteiger partial charge in [0.2, 0.25) is 0 Å². The number of pyridine rings is 1. The number of carbonyl (C=O) groups is 1. The molecule has 9 nitrogen and oxygen atoms in total. The van der Waals surface area contributed by atoms with E-state index in [2.05, 4.69) is 37.5 Å². The summed E-state index contributed by atoms with van der Waals surface area (Å²) in [6, 6.07) is 41.7. The number of rotatable bonds is 3. The number of benzene rings is 4. The van der Waals surface area contributed by atoms with Crippen molar-refractivity contribution < 1.29 is 30.0 Å². The van der Waals surface area contributed by atoms with Crippen LogP contribution < -0.4 is 5.11 Å². The van der Waals surface area contributed by atoms with Crippen LogP contribution in [0, 0.1) is 12.1 Å². The molecule has 3 aromatic heterocycles. The third-order valence-electron chi connectivity index (χ3n) is 5.26. The third kappa shape index (κ3) is 7.07. The van der Waals surface area contributed by atoms with Crippen LogP contribution in [0.5, 0.6) is 0 Å². The standard InChI is InChI=1S/2C12H8N3.C6H5NO2.Ir/c2*1-2-6-10(7-3-1)15-13-11-8-4-5-9-12(11)14-15;8-6(9)5-3-1-2-4-7-5;/h2*1-6,8-9H;1-4H,(H,8,9);/q2*-1;;+3/p-1. The average Bonchev–Trinajstić information content (AvgIpc) is 3.64. The van der Waals surface area contributed by atoms with E-state index >= 15 is 0 Å². The molecule has 10 heteroatoms. The molecule has 0 saturated heterocycles. The summed E-state index contributed by atoms with van der Waals surface area (Å²) in [5, 5.41) is 27.5. The fraction of sp³-hybridized carbons (Fsp3) is 0. The van der Waals surface area contributed by atoms with Gasteiger partial charge >= 0.3 is 20.1 Å². The molecule has 0 radical (unpaired) electrons. The fourth-order valence-corrected chi connectivity index (χ4v) is 3.43. The van der Waals surface area contributed by atoms with Gasteiger partial charge in [0.15, 0.2) is 0 Å². The number of aromatic carboxylic acids is 1. The number of aromatic nitrogens is 7. The minimum absolute atomic E-state index is 0. The molecule has 40 heavy (non-hydrogen) atoms. The van der Waals surface area contributed by atoms with E-state index in [0.717, 1.165) is 33.4 Å². The molecular weight excluding hydrogens is 683 g/mol. The average molecular weight is 703 g/mol. The number of carboxylic acids is 1. The minimum atomic E-state index is -1.24. The molecule has 7 rings (SSSR count). The number of nitrogens with zero attached hydrogens (tertiary/aromatic N) is 7. The van der Waals surface area contributed by atoms with Crippen molar-refractivity contribution in [1.29, 1.82) is 0 Å². The molecule has 0 unspecified atom stereocenters. The van der Waals surface area contributed by atoms with Crippen LogP contribution in [0.3, 0.4) is 0 Å². The van der Waals surface area contributed by atoms with Crippen molar-refractivity contribution in [2.45, 2.75) is 0 Å². The molecule has 3 heterocycles. The summed E-state index contributed by atoms with van der Waals surface area (Å²) in [5.41, 5.74) is 5.27. The van der Waals surface area contributed by atoms with E-state index in [1.807, 2.05) is 97.1 Å². The molecule has 0 aliphatic carbocycles. The molecule has 0 bridgehead atoms. The molecule has 0 saturated carbocycles. The van der Waals surface area contributed by atoms with Crippen LogP contribution in [0.25, 0.3) is 33.4 Å². The van der Waals surface area contributed by atoms with Crippen LogP contribution in [0.4, 0.5) is 0 Å². The van der Waals surface area contributed by atoms with Gasteiger partial charge in [-0.15, -0.1) is 12.1 Å². The van der Waals surface area contributed by atoms with Crippen molar-refractivity contribution in [3.8, 4) is 11.4 Å². The fourth-order valence-electron chi connectivity index (χ4n) is 3.43. The summed E-state index contributed by atoms with van der Waals surface area (Å²) < 4.78 is 0. The van der Waals surface area contributed by atoms with Crippen molar-refractivity contribution in [1.82, 2.24) is 35.0 Å². The van der Waals surface area contributed by atoms with Crippen molar-refractivity contribution >= 4 is 28.0 Å². The number of fused-ring (bicyclic) bond motifs is 2. The van der Waals surface area contributed by atoms with E-state index in [-0.39, 0.29) is 25.8 Å². The van der Waals surface area contributed by atoms with E-state index in [1.54, 1.807) is 21.7 Å². The first-order valence-corrected chi connectivity index (χ1v) is 11.9. The Bertz CT molecular complexity index is 1620. The van der Waals surface area contributed by atoms with Crippen LogP contribution in [-0.2, 0) is 20.1 Å². The topological polar surface area (TPSA) is 114 Å². The molecule has 0 fully saturated rings. The van der Waals surface area contributed by atoms with Gasteiger partial charge in [0.25, 0.3) is 0 Å². The van der Waals surface area contributed by atoms with Gasteiger partial charge in [0, 0.05) is 6.20 Å². The van der Waals surface area contributed by atoms with Crippen LogP contribution in [0.2, 0.25) is 0 Å². The Morgan fingerprint density at radius 1 is 0.575 bits per heavy atom. The second-order valence-electron chi connectivity index (χ2n) is 7.95. The summed E-state index contributed by atoms with van der Waals surface area (Å²) >= 11 is 0. The quantitative estimate of drug-likeness (QED) is 0.257. The van der Waals surface area contributed by atoms with Gasteiger partial charge in [-0.3, -0.25) is 4.98 Å². The Hall–Kier alpha value is -5.05. The Balaban J connectivity index is 0.000000142. The van der Waals surface area contributed by atoms with E-state index in [9.17, 15) is 9.90 Å². The zero-order chi connectivity index (χ0) is 26.9. The smallest absolute Gasteiger partial charge is 0.543 e. The van der Waals surface area contributed by atoms with Crippen molar-refractivity contribution in [2.75, 3.05) is 0 Å². The first kappa shape index (κ1) is 28.0. The zero-order valence-electron chi connectivity index (χ0n) is 20.8. The second kappa shape index (κ2) is 13.7. The summed E-state index contributed by atoms with van der Waals surface area (Å²) in [6.45, 7) is 0. The first-order valence-electron chi connectivity index (χ1n) is 11.9. The Morgan fingerprint density at radius 3 is 1.27 bits per heavy atom. The number of para-hydroxylation sites is 2. The van der Waals surface area contributed by atoms with E-state index in [4.69, 9.17) is 0 Å². The molecule has 0 amide bonds. The second-order valence-corrected chi connectivity index (χ2v) is 7.95. The molecule has 196 valence electrons. The van der Waals surface area contributed by atoms with Gasteiger partial charge in [0.1, 0.15) is 22.1 Å². The summed E-state index contributed by atoms with van der Waals surface area (Å²) in [5.74, 6) is -1.24. The SMILES string of the molecule is O=C([O-])c1ccccn1.[Ir+3].[c-]1ccccc1-n1nc2ccccc2n1.[c-]1ccccc1-n1nc2ccccc2n1. The maximum Gasteiger partial charge on any atom is 3.00 e. The third-order valence-corrected chi connectivity index (χ3v) is 5.26. The number of hydrogen-bond acceptors (Lipinski definition) is 7. The normalized spacial score (nSPS) is 10.0. The first-order chi connectivity index (χ1) is 19.2. The van der Waals surface area contributed by atoms with Gasteiger partial charge in [-0.05, 0) is 47.8 Å². The molecule has 0 aliphatic heterocycles. The minimum Gasteiger partial charge on any atom is -0.543 e. The van der Waals surface area contributed by atoms with Crippen LogP contribution in [-0.4, -0.2) is 40.9 Å². The predicted octanol–water partition coefficient (Wildman–Crippen LogP) is 3.88. The zero-order valence-corrected chi connectivity index (χ0v) is 23.2. The van der Waals surface area contributed by atoms with E-state index in [0.29, 0.717) is 0 Å². The monoisotopic (exact) mass is 703 g/mol. The van der Waals surface area contributed by atoms with Gasteiger partial charge in [-0.25, -0.2) is 0 Å². The molecular formula is C30H20IrN7O2. The maximum atomic E-state index is 10.0. The molecule has 0 spiro atoms. The Labute approximate surface area is 243 Å². The Morgan fingerprint density at radius 2 is 0.975 bits per heavy atom. The van der Waals surface area contributed by atoms with Crippen molar-refractivity contribution in [2.24, 2.45) is 0 Å². The maximum absolute atomic E-state index is 10.0. The van der Waals surface area contributed by atoms with E-state index in [1.165, 1.54) is 12.3 Å². The largest absolute Gasteiger partial charge is 3.00 e. The Kier molecular flexibility index (Phi) is 9.55. The summed E-state index contributed by atoms with van der Waals surface area (Å²) in [6.07, 6.45) is 1.41. The molecule has 0 aliphatic rings. The van der Waals surface area contributed by atoms with Crippen molar-refractivity contribution in [3.63, 3.8) is 0 Å². The van der Waals surface area contributed by atoms with Crippen molar-refractivity contribution in [3.05, 3.63) is 139 Å². The predicted molar refractivity (Wildman–Crippen MR) is 144 cm³/mol. The summed E-state index contributed by atoms with van der Waals surface area (Å²) in [7, 11) is 0. The van der Waals surface area contributed by atoms with Gasteiger partial charge in [-0.2, -0.15) is 78.5 Å². The number of carboxylic acid groups (broad SMARTS) is 1. The van der Waals surface area contributed by atoms with Crippen LogP contribution >= 0.6 is 0 Å². The summed E-state index contributed by atoms with van der Waals surface area (Å²) in [4.78, 5) is 16.7. The van der Waals surface area contributed by atoms with Crippen LogP contribution in [0.15, 0.2) is 121 Å². The van der Waals surface area contributed by atoms with Gasteiger partial charge in [-0.1, -0.05) is 30.3 Å². The van der Waals surface area contributed by atoms with Gasteiger partial charge in [0.05, 0.1) is 11.7 Å². The number of hydrogen-bond donors (Lipinski definition) is 0. The number of carbonyl (C=O) groups excluding carboxylic acids is 1. The molecule has 7 aromatic rings. The molecule has 0 N–H and O–H groups in total. The molecule has 4 aromatic carbocycles. The van der Waals surface area contributed by atoms with Gasteiger partial charge < -0.3 is 9.90 Å². The molecule has 0 atom stereocenters.